The lowest BCUT2D eigenvalue weighted by Gasteiger charge is -2.19. The van der Waals surface area contributed by atoms with Gasteiger partial charge in [0, 0.05) is 24.2 Å². The summed E-state index contributed by atoms with van der Waals surface area (Å²) in [6, 6.07) is 2.35. The molecule has 1 aromatic rings. The molecule has 4 heteroatoms. The third-order valence-corrected chi connectivity index (χ3v) is 2.60. The fourth-order valence-electron chi connectivity index (χ4n) is 1.61. The number of nitrogens with zero attached hydrogens (tertiary/aromatic N) is 2. The molecule has 0 fully saturated rings. The van der Waals surface area contributed by atoms with Crippen molar-refractivity contribution in [2.24, 2.45) is 5.92 Å². The van der Waals surface area contributed by atoms with Crippen LogP contribution in [0.15, 0.2) is 12.4 Å². The lowest BCUT2D eigenvalue weighted by atomic mass is 9.99. The number of ether oxygens (including phenoxy) is 1. The van der Waals surface area contributed by atoms with Crippen LogP contribution in [0, 0.1) is 5.92 Å². The van der Waals surface area contributed by atoms with E-state index in [1.165, 1.54) is 0 Å². The maximum atomic E-state index is 5.35. The summed E-state index contributed by atoms with van der Waals surface area (Å²) in [4.78, 5) is 8.31. The van der Waals surface area contributed by atoms with Crippen LogP contribution in [0.1, 0.15) is 26.5 Å². The van der Waals surface area contributed by atoms with Crippen LogP contribution in [0.2, 0.25) is 0 Å². The molecule has 0 saturated heterocycles. The molecule has 4 nitrogen and oxygen atoms in total. The third-order valence-electron chi connectivity index (χ3n) is 2.60. The Morgan fingerprint density at radius 3 is 2.69 bits per heavy atom. The molecule has 1 unspecified atom stereocenters. The molecule has 1 N–H and O–H groups in total. The fourth-order valence-corrected chi connectivity index (χ4v) is 1.61. The van der Waals surface area contributed by atoms with E-state index in [4.69, 9.17) is 4.74 Å². The van der Waals surface area contributed by atoms with E-state index in [0.717, 1.165) is 12.1 Å². The lowest BCUT2D eigenvalue weighted by Crippen LogP contribution is -2.33. The SMILES string of the molecule is CCOc1cc(CC(NC)C(C)C)ncn1. The van der Waals surface area contributed by atoms with Crippen molar-refractivity contribution in [2.45, 2.75) is 33.2 Å². The molecule has 0 aliphatic heterocycles. The first-order chi connectivity index (χ1) is 7.67. The van der Waals surface area contributed by atoms with Gasteiger partial charge in [0.1, 0.15) is 6.33 Å². The van der Waals surface area contributed by atoms with Crippen molar-refractivity contribution in [2.75, 3.05) is 13.7 Å². The minimum absolute atomic E-state index is 0.435. The van der Waals surface area contributed by atoms with E-state index in [9.17, 15) is 0 Å². The Morgan fingerprint density at radius 1 is 1.38 bits per heavy atom. The van der Waals surface area contributed by atoms with Crippen LogP contribution >= 0.6 is 0 Å². The van der Waals surface area contributed by atoms with Gasteiger partial charge in [0.2, 0.25) is 5.88 Å². The summed E-state index contributed by atoms with van der Waals surface area (Å²) in [6.45, 7) is 6.99. The van der Waals surface area contributed by atoms with E-state index < -0.39 is 0 Å². The largest absolute Gasteiger partial charge is 0.478 e. The highest BCUT2D eigenvalue weighted by molar-refractivity contribution is 5.14. The van der Waals surface area contributed by atoms with Crippen molar-refractivity contribution < 1.29 is 4.74 Å². The molecule has 0 amide bonds. The van der Waals surface area contributed by atoms with Gasteiger partial charge < -0.3 is 10.1 Å². The maximum absolute atomic E-state index is 5.35. The first-order valence-corrected chi connectivity index (χ1v) is 5.78. The van der Waals surface area contributed by atoms with Crippen molar-refractivity contribution in [3.8, 4) is 5.88 Å². The Bertz CT molecular complexity index is 315. The number of hydrogen-bond acceptors (Lipinski definition) is 4. The Morgan fingerprint density at radius 2 is 2.12 bits per heavy atom. The predicted molar refractivity (Wildman–Crippen MR) is 64.6 cm³/mol. The highest BCUT2D eigenvalue weighted by atomic mass is 16.5. The summed E-state index contributed by atoms with van der Waals surface area (Å²) < 4.78 is 5.35. The Hall–Kier alpha value is -1.16. The molecule has 1 atom stereocenters. The first kappa shape index (κ1) is 12.9. The fraction of sp³-hybridized carbons (Fsp3) is 0.667. The van der Waals surface area contributed by atoms with E-state index in [2.05, 4.69) is 29.1 Å². The maximum Gasteiger partial charge on any atom is 0.216 e. The van der Waals surface area contributed by atoms with Crippen LogP contribution < -0.4 is 10.1 Å². The van der Waals surface area contributed by atoms with Gasteiger partial charge in [0.25, 0.3) is 0 Å². The number of nitrogens with one attached hydrogen (secondary N) is 1. The highest BCUT2D eigenvalue weighted by Crippen LogP contribution is 2.11. The molecular weight excluding hydrogens is 202 g/mol. The second-order valence-electron chi connectivity index (χ2n) is 4.12. The first-order valence-electron chi connectivity index (χ1n) is 5.78. The van der Waals surface area contributed by atoms with Crippen molar-refractivity contribution >= 4 is 0 Å². The van der Waals surface area contributed by atoms with Crippen LogP contribution in [0.3, 0.4) is 0 Å². The minimum Gasteiger partial charge on any atom is -0.478 e. The van der Waals surface area contributed by atoms with Crippen molar-refractivity contribution in [3.05, 3.63) is 18.1 Å². The van der Waals surface area contributed by atoms with Gasteiger partial charge in [0.15, 0.2) is 0 Å². The number of hydrogen-bond donors (Lipinski definition) is 1. The van der Waals surface area contributed by atoms with E-state index in [0.29, 0.717) is 24.4 Å². The second-order valence-corrected chi connectivity index (χ2v) is 4.12. The van der Waals surface area contributed by atoms with Gasteiger partial charge in [-0.05, 0) is 19.9 Å². The number of aromatic nitrogens is 2. The van der Waals surface area contributed by atoms with Gasteiger partial charge in [-0.3, -0.25) is 0 Å². The van der Waals surface area contributed by atoms with Crippen molar-refractivity contribution in [3.63, 3.8) is 0 Å². The second kappa shape index (κ2) is 6.43. The number of likely N-dealkylation sites (N-methyl/N-ethyl adjacent to an activating group) is 1. The van der Waals surface area contributed by atoms with Gasteiger partial charge in [-0.1, -0.05) is 13.8 Å². The summed E-state index contributed by atoms with van der Waals surface area (Å²) >= 11 is 0. The molecule has 0 spiro atoms. The molecule has 0 radical (unpaired) electrons. The summed E-state index contributed by atoms with van der Waals surface area (Å²) in [5, 5.41) is 3.30. The molecule has 0 aliphatic rings. The van der Waals surface area contributed by atoms with E-state index in [1.807, 2.05) is 20.0 Å². The van der Waals surface area contributed by atoms with Crippen LogP contribution in [0.4, 0.5) is 0 Å². The molecule has 90 valence electrons. The normalized spacial score (nSPS) is 12.8. The molecule has 1 rings (SSSR count). The zero-order chi connectivity index (χ0) is 12.0. The zero-order valence-electron chi connectivity index (χ0n) is 10.5. The minimum atomic E-state index is 0.435. The van der Waals surface area contributed by atoms with E-state index in [-0.39, 0.29) is 0 Å². The molecule has 1 heterocycles. The standard InChI is InChI=1S/C12H21N3O/c1-5-16-12-7-10(14-8-15-12)6-11(13-4)9(2)3/h7-9,11,13H,5-6H2,1-4H3. The molecule has 0 bridgehead atoms. The molecule has 16 heavy (non-hydrogen) atoms. The summed E-state index contributed by atoms with van der Waals surface area (Å²) in [7, 11) is 1.98. The third kappa shape index (κ3) is 3.77. The van der Waals surface area contributed by atoms with Gasteiger partial charge in [-0.25, -0.2) is 9.97 Å². The summed E-state index contributed by atoms with van der Waals surface area (Å²) in [5.74, 6) is 1.24. The molecular formula is C12H21N3O. The quantitative estimate of drug-likeness (QED) is 0.796. The molecule has 0 aliphatic carbocycles. The van der Waals surface area contributed by atoms with Crippen molar-refractivity contribution in [1.29, 1.82) is 0 Å². The van der Waals surface area contributed by atoms with Gasteiger partial charge in [-0.2, -0.15) is 0 Å². The van der Waals surface area contributed by atoms with Crippen LogP contribution in [0.25, 0.3) is 0 Å². The summed E-state index contributed by atoms with van der Waals surface area (Å²) in [5.41, 5.74) is 1.02. The average molecular weight is 223 g/mol. The monoisotopic (exact) mass is 223 g/mol. The molecule has 0 aromatic carbocycles. The smallest absolute Gasteiger partial charge is 0.216 e. The van der Waals surface area contributed by atoms with Crippen LogP contribution in [-0.2, 0) is 6.42 Å². The Kier molecular flexibility index (Phi) is 5.19. The van der Waals surface area contributed by atoms with Gasteiger partial charge in [0.05, 0.1) is 6.61 Å². The summed E-state index contributed by atoms with van der Waals surface area (Å²) in [6.07, 6.45) is 2.46. The van der Waals surface area contributed by atoms with Crippen LogP contribution in [0.5, 0.6) is 5.88 Å². The number of rotatable bonds is 6. The Balaban J connectivity index is 2.68. The molecule has 1 aromatic heterocycles. The Labute approximate surface area is 97.5 Å². The lowest BCUT2D eigenvalue weighted by molar-refractivity contribution is 0.325. The van der Waals surface area contributed by atoms with E-state index >= 15 is 0 Å². The van der Waals surface area contributed by atoms with E-state index in [1.54, 1.807) is 6.33 Å². The van der Waals surface area contributed by atoms with Crippen LogP contribution in [-0.4, -0.2) is 29.7 Å². The van der Waals surface area contributed by atoms with Crippen molar-refractivity contribution in [1.82, 2.24) is 15.3 Å². The average Bonchev–Trinajstić information content (AvgIpc) is 2.26. The zero-order valence-corrected chi connectivity index (χ0v) is 10.5. The molecule has 0 saturated carbocycles. The van der Waals surface area contributed by atoms with Gasteiger partial charge >= 0.3 is 0 Å². The highest BCUT2D eigenvalue weighted by Gasteiger charge is 2.12. The topological polar surface area (TPSA) is 47.0 Å². The van der Waals surface area contributed by atoms with Gasteiger partial charge in [-0.15, -0.1) is 0 Å². The predicted octanol–water partition coefficient (Wildman–Crippen LogP) is 1.66.